The van der Waals surface area contributed by atoms with Crippen LogP contribution in [0.4, 0.5) is 11.4 Å². The van der Waals surface area contributed by atoms with Gasteiger partial charge in [-0.1, -0.05) is 24.3 Å². The lowest BCUT2D eigenvalue weighted by Gasteiger charge is -2.11. The Morgan fingerprint density at radius 3 is 2.56 bits per heavy atom. The molecule has 6 nitrogen and oxygen atoms in total. The first-order chi connectivity index (χ1) is 13.2. The fourth-order valence-electron chi connectivity index (χ4n) is 2.92. The van der Waals surface area contributed by atoms with Crippen molar-refractivity contribution in [2.75, 3.05) is 23.8 Å². The predicted octanol–water partition coefficient (Wildman–Crippen LogP) is 3.60. The Hall–Kier alpha value is -2.86. The average molecular weight is 368 g/mol. The van der Waals surface area contributed by atoms with Crippen LogP contribution in [0.3, 0.4) is 0 Å². The van der Waals surface area contributed by atoms with E-state index in [9.17, 15) is 9.59 Å². The summed E-state index contributed by atoms with van der Waals surface area (Å²) in [5, 5.41) is 5.62. The maximum Gasteiger partial charge on any atom is 0.262 e. The fourth-order valence-corrected chi connectivity index (χ4v) is 2.92. The molecule has 0 unspecified atom stereocenters. The Bertz CT molecular complexity index is 758. The number of ether oxygens (including phenoxy) is 2. The smallest absolute Gasteiger partial charge is 0.262 e. The lowest BCUT2D eigenvalue weighted by molar-refractivity contribution is -0.118. The van der Waals surface area contributed by atoms with Crippen molar-refractivity contribution in [1.29, 1.82) is 0 Å². The summed E-state index contributed by atoms with van der Waals surface area (Å²) >= 11 is 0. The van der Waals surface area contributed by atoms with Crippen LogP contribution in [0, 0.1) is 0 Å². The van der Waals surface area contributed by atoms with Gasteiger partial charge in [-0.2, -0.15) is 0 Å². The van der Waals surface area contributed by atoms with Gasteiger partial charge >= 0.3 is 0 Å². The highest BCUT2D eigenvalue weighted by atomic mass is 16.5. The molecule has 0 aliphatic carbocycles. The second kappa shape index (κ2) is 9.73. The summed E-state index contributed by atoms with van der Waals surface area (Å²) in [6, 6.07) is 16.2. The molecule has 27 heavy (non-hydrogen) atoms. The van der Waals surface area contributed by atoms with E-state index in [2.05, 4.69) is 10.6 Å². The Morgan fingerprint density at radius 2 is 1.78 bits per heavy atom. The molecule has 2 N–H and O–H groups in total. The van der Waals surface area contributed by atoms with E-state index in [-0.39, 0.29) is 24.5 Å². The van der Waals surface area contributed by atoms with Crippen molar-refractivity contribution >= 4 is 23.2 Å². The van der Waals surface area contributed by atoms with Gasteiger partial charge in [0.2, 0.25) is 5.91 Å². The van der Waals surface area contributed by atoms with Crippen LogP contribution in [0.15, 0.2) is 54.6 Å². The summed E-state index contributed by atoms with van der Waals surface area (Å²) in [4.78, 5) is 24.0. The van der Waals surface area contributed by atoms with Crippen molar-refractivity contribution in [2.45, 2.75) is 31.8 Å². The largest absolute Gasteiger partial charge is 0.484 e. The van der Waals surface area contributed by atoms with Crippen LogP contribution in [0.2, 0.25) is 0 Å². The third kappa shape index (κ3) is 6.42. The average Bonchev–Trinajstić information content (AvgIpc) is 3.20. The summed E-state index contributed by atoms with van der Waals surface area (Å²) in [5.74, 6) is 0.229. The van der Waals surface area contributed by atoms with Gasteiger partial charge in [0.25, 0.3) is 5.91 Å². The van der Waals surface area contributed by atoms with Crippen LogP contribution in [-0.2, 0) is 14.3 Å². The molecule has 0 bridgehead atoms. The molecule has 1 aliphatic rings. The van der Waals surface area contributed by atoms with Gasteiger partial charge in [0.15, 0.2) is 6.61 Å². The quantitative estimate of drug-likeness (QED) is 0.746. The number of anilines is 2. The van der Waals surface area contributed by atoms with Gasteiger partial charge in [0, 0.05) is 30.5 Å². The van der Waals surface area contributed by atoms with Gasteiger partial charge in [0.05, 0.1) is 6.10 Å². The summed E-state index contributed by atoms with van der Waals surface area (Å²) < 4.78 is 11.1. The topological polar surface area (TPSA) is 76.7 Å². The molecule has 1 fully saturated rings. The molecule has 2 aromatic carbocycles. The minimum atomic E-state index is -0.243. The maximum absolute atomic E-state index is 12.1. The minimum Gasteiger partial charge on any atom is -0.484 e. The molecule has 0 spiro atoms. The zero-order valence-corrected chi connectivity index (χ0v) is 15.1. The van der Waals surface area contributed by atoms with Crippen molar-refractivity contribution in [2.24, 2.45) is 0 Å². The Morgan fingerprint density at radius 1 is 1.00 bits per heavy atom. The van der Waals surface area contributed by atoms with Crippen LogP contribution >= 0.6 is 0 Å². The van der Waals surface area contributed by atoms with Crippen LogP contribution in [-0.4, -0.2) is 31.1 Å². The SMILES string of the molecule is O=C(CC[C@@H]1CCCO1)Nc1cccc(OCC(=O)Nc2ccccc2)c1. The molecule has 1 aliphatic heterocycles. The van der Waals surface area contributed by atoms with E-state index in [0.717, 1.165) is 31.6 Å². The molecule has 2 aromatic rings. The Labute approximate surface area is 158 Å². The number of nitrogens with one attached hydrogen (secondary N) is 2. The monoisotopic (exact) mass is 368 g/mol. The number of para-hydroxylation sites is 1. The molecule has 1 atom stereocenters. The van der Waals surface area contributed by atoms with Crippen molar-refractivity contribution in [3.8, 4) is 5.75 Å². The van der Waals surface area contributed by atoms with E-state index in [1.165, 1.54) is 0 Å². The van der Waals surface area contributed by atoms with Gasteiger partial charge in [-0.15, -0.1) is 0 Å². The molecule has 0 radical (unpaired) electrons. The summed E-state index contributed by atoms with van der Waals surface area (Å²) in [6.07, 6.45) is 3.47. The van der Waals surface area contributed by atoms with Gasteiger partial charge in [-0.3, -0.25) is 9.59 Å². The van der Waals surface area contributed by atoms with Crippen LogP contribution in [0.5, 0.6) is 5.75 Å². The number of benzene rings is 2. The molecule has 0 aromatic heterocycles. The molecule has 3 rings (SSSR count). The van der Waals surface area contributed by atoms with Crippen molar-refractivity contribution in [3.05, 3.63) is 54.6 Å². The Balaban J connectivity index is 1.43. The second-order valence-corrected chi connectivity index (χ2v) is 6.45. The van der Waals surface area contributed by atoms with Crippen molar-refractivity contribution in [1.82, 2.24) is 0 Å². The second-order valence-electron chi connectivity index (χ2n) is 6.45. The molecule has 1 heterocycles. The van der Waals surface area contributed by atoms with E-state index < -0.39 is 0 Å². The van der Waals surface area contributed by atoms with Crippen LogP contribution < -0.4 is 15.4 Å². The zero-order chi connectivity index (χ0) is 18.9. The minimum absolute atomic E-state index is 0.0514. The van der Waals surface area contributed by atoms with Crippen LogP contribution in [0.25, 0.3) is 0 Å². The number of amides is 2. The molecule has 6 heteroatoms. The molecule has 2 amide bonds. The van der Waals surface area contributed by atoms with Gasteiger partial charge in [0.1, 0.15) is 5.75 Å². The first-order valence-electron chi connectivity index (χ1n) is 9.18. The maximum atomic E-state index is 12.1. The van der Waals surface area contributed by atoms with E-state index >= 15 is 0 Å². The highest BCUT2D eigenvalue weighted by Gasteiger charge is 2.16. The van der Waals surface area contributed by atoms with E-state index in [0.29, 0.717) is 17.9 Å². The lowest BCUT2D eigenvalue weighted by Crippen LogP contribution is -2.20. The molecule has 142 valence electrons. The van der Waals surface area contributed by atoms with E-state index in [1.54, 1.807) is 24.3 Å². The number of carbonyl (C=O) groups is 2. The van der Waals surface area contributed by atoms with E-state index in [1.807, 2.05) is 30.3 Å². The van der Waals surface area contributed by atoms with Crippen LogP contribution in [0.1, 0.15) is 25.7 Å². The summed E-state index contributed by atoms with van der Waals surface area (Å²) in [5.41, 5.74) is 1.37. The van der Waals surface area contributed by atoms with Crippen molar-refractivity contribution in [3.63, 3.8) is 0 Å². The highest BCUT2D eigenvalue weighted by molar-refractivity contribution is 5.92. The van der Waals surface area contributed by atoms with Crippen molar-refractivity contribution < 1.29 is 19.1 Å². The fraction of sp³-hybridized carbons (Fsp3) is 0.333. The number of hydrogen-bond acceptors (Lipinski definition) is 4. The number of carbonyl (C=O) groups excluding carboxylic acids is 2. The Kier molecular flexibility index (Phi) is 6.82. The highest BCUT2D eigenvalue weighted by Crippen LogP contribution is 2.20. The number of rotatable bonds is 8. The van der Waals surface area contributed by atoms with Gasteiger partial charge in [-0.25, -0.2) is 0 Å². The third-order valence-electron chi connectivity index (χ3n) is 4.26. The zero-order valence-electron chi connectivity index (χ0n) is 15.1. The van der Waals surface area contributed by atoms with Gasteiger partial charge < -0.3 is 20.1 Å². The molecule has 0 saturated carbocycles. The van der Waals surface area contributed by atoms with Gasteiger partial charge in [-0.05, 0) is 43.5 Å². The molecular weight excluding hydrogens is 344 g/mol. The first-order valence-corrected chi connectivity index (χ1v) is 9.18. The summed E-state index contributed by atoms with van der Waals surface area (Å²) in [6.45, 7) is 0.689. The summed E-state index contributed by atoms with van der Waals surface area (Å²) in [7, 11) is 0. The number of hydrogen-bond donors (Lipinski definition) is 2. The third-order valence-corrected chi connectivity index (χ3v) is 4.26. The first kappa shape index (κ1) is 18.9. The standard InChI is InChI=1S/C21H24N2O4/c24-20(12-11-18-10-5-13-26-18)23-17-8-4-9-19(14-17)27-15-21(25)22-16-6-2-1-3-7-16/h1-4,6-9,14,18H,5,10-13,15H2,(H,22,25)(H,23,24)/t18-/m0/s1. The normalized spacial score (nSPS) is 15.9. The lowest BCUT2D eigenvalue weighted by atomic mass is 10.1. The molecule has 1 saturated heterocycles. The van der Waals surface area contributed by atoms with E-state index in [4.69, 9.17) is 9.47 Å². The molecular formula is C21H24N2O4. The predicted molar refractivity (Wildman–Crippen MR) is 104 cm³/mol.